The Bertz CT molecular complexity index is 389. The molecule has 0 aliphatic rings. The van der Waals surface area contributed by atoms with Crippen LogP contribution in [0, 0.1) is 10.1 Å². The van der Waals surface area contributed by atoms with Gasteiger partial charge in [0.15, 0.2) is 5.03 Å². The third-order valence-corrected chi connectivity index (χ3v) is 3.49. The van der Waals surface area contributed by atoms with E-state index in [1.165, 1.54) is 31.0 Å². The summed E-state index contributed by atoms with van der Waals surface area (Å²) in [6.07, 6.45) is 0. The van der Waals surface area contributed by atoms with Gasteiger partial charge in [0, 0.05) is 23.3 Å². The van der Waals surface area contributed by atoms with Crippen LogP contribution in [0.1, 0.15) is 6.92 Å². The smallest absolute Gasteiger partial charge is 0.301 e. The molecule has 1 aromatic rings. The van der Waals surface area contributed by atoms with Gasteiger partial charge in [0.05, 0.1) is 12.0 Å². The fourth-order valence-corrected chi connectivity index (χ4v) is 2.02. The molecule has 1 heterocycles. The lowest BCUT2D eigenvalue weighted by molar-refractivity contribution is -0.388. The zero-order valence-corrected chi connectivity index (χ0v) is 10.4. The summed E-state index contributed by atoms with van der Waals surface area (Å²) >= 11 is 6.92. The minimum absolute atomic E-state index is 0.0252. The van der Waals surface area contributed by atoms with Crippen molar-refractivity contribution in [3.63, 3.8) is 0 Å². The van der Waals surface area contributed by atoms with Crippen molar-refractivity contribution in [1.82, 2.24) is 4.98 Å². The summed E-state index contributed by atoms with van der Waals surface area (Å²) < 4.78 is 4.92. The van der Waals surface area contributed by atoms with E-state index in [4.69, 9.17) is 16.3 Å². The van der Waals surface area contributed by atoms with Crippen molar-refractivity contribution >= 4 is 29.1 Å². The Hall–Kier alpha value is -1.01. The van der Waals surface area contributed by atoms with E-state index in [9.17, 15) is 10.1 Å². The zero-order chi connectivity index (χ0) is 12.1. The van der Waals surface area contributed by atoms with Crippen LogP contribution in [0.4, 0.5) is 5.69 Å². The summed E-state index contributed by atoms with van der Waals surface area (Å²) in [6.45, 7) is 1.88. The van der Waals surface area contributed by atoms with Crippen LogP contribution < -0.4 is 4.74 Å². The Labute approximate surface area is 102 Å². The van der Waals surface area contributed by atoms with Crippen molar-refractivity contribution in [2.75, 3.05) is 13.0 Å². The van der Waals surface area contributed by atoms with E-state index in [1.54, 1.807) is 0 Å². The number of hydrogen-bond donors (Lipinski definition) is 0. The predicted octanol–water partition coefficient (Wildman–Crippen LogP) is 2.72. The number of rotatable bonds is 5. The number of alkyl halides is 1. The first-order valence-corrected chi connectivity index (χ1v) is 5.92. The van der Waals surface area contributed by atoms with Gasteiger partial charge in [0.25, 0.3) is 0 Å². The van der Waals surface area contributed by atoms with E-state index < -0.39 is 4.92 Å². The first kappa shape index (κ1) is 13.1. The lowest BCUT2D eigenvalue weighted by atomic mass is 10.4. The largest absolute Gasteiger partial charge is 0.481 e. The lowest BCUT2D eigenvalue weighted by Gasteiger charge is -2.07. The molecule has 0 aromatic carbocycles. The Balaban J connectivity index is 3.05. The van der Waals surface area contributed by atoms with Crippen molar-refractivity contribution < 1.29 is 9.66 Å². The highest BCUT2D eigenvalue weighted by molar-refractivity contribution is 8.00. The molecule has 1 atom stereocenters. The van der Waals surface area contributed by atoms with Crippen LogP contribution in [0.3, 0.4) is 0 Å². The maximum absolute atomic E-state index is 10.8. The molecule has 0 saturated carbocycles. The lowest BCUT2D eigenvalue weighted by Crippen LogP contribution is -2.01. The summed E-state index contributed by atoms with van der Waals surface area (Å²) in [4.78, 5) is 14.3. The molecule has 0 radical (unpaired) electrons. The average molecular weight is 263 g/mol. The highest BCUT2D eigenvalue weighted by Crippen LogP contribution is 2.32. The first-order chi connectivity index (χ1) is 7.58. The summed E-state index contributed by atoms with van der Waals surface area (Å²) in [5, 5.41) is 11.2. The molecule has 5 nitrogen and oxygen atoms in total. The fourth-order valence-electron chi connectivity index (χ4n) is 0.978. The van der Waals surface area contributed by atoms with E-state index in [1.807, 2.05) is 6.92 Å². The normalized spacial score (nSPS) is 12.2. The number of hydrogen-bond acceptors (Lipinski definition) is 5. The van der Waals surface area contributed by atoms with Gasteiger partial charge in [-0.15, -0.1) is 11.6 Å². The summed E-state index contributed by atoms with van der Waals surface area (Å²) in [7, 11) is 1.47. The summed E-state index contributed by atoms with van der Waals surface area (Å²) in [6, 6.07) is 2.85. The first-order valence-electron chi connectivity index (χ1n) is 4.50. The van der Waals surface area contributed by atoms with Crippen molar-refractivity contribution in [2.24, 2.45) is 0 Å². The molecule has 0 amide bonds. The molecule has 88 valence electrons. The minimum Gasteiger partial charge on any atom is -0.481 e. The molecular formula is C9H11ClN2O3S. The predicted molar refractivity (Wildman–Crippen MR) is 63.5 cm³/mol. The maximum atomic E-state index is 10.8. The van der Waals surface area contributed by atoms with Crippen molar-refractivity contribution in [3.05, 3.63) is 22.2 Å². The highest BCUT2D eigenvalue weighted by Gasteiger charge is 2.18. The van der Waals surface area contributed by atoms with Crippen LogP contribution >= 0.6 is 23.4 Å². The van der Waals surface area contributed by atoms with E-state index in [0.717, 1.165) is 0 Å². The number of pyridine rings is 1. The van der Waals surface area contributed by atoms with Gasteiger partial charge in [0.1, 0.15) is 0 Å². The summed E-state index contributed by atoms with van der Waals surface area (Å²) in [5.74, 6) is 0.760. The average Bonchev–Trinajstić information content (AvgIpc) is 2.28. The standard InChI is InChI=1S/C9H11ClN2O3S/c1-6(5-10)16-9-7(12(13)14)3-4-8(11-9)15-2/h3-4,6H,5H2,1-2H3. The van der Waals surface area contributed by atoms with Gasteiger partial charge in [-0.1, -0.05) is 18.7 Å². The molecule has 1 aromatic heterocycles. The van der Waals surface area contributed by atoms with E-state index in [-0.39, 0.29) is 10.9 Å². The Morgan fingerprint density at radius 1 is 1.69 bits per heavy atom. The molecule has 16 heavy (non-hydrogen) atoms. The van der Waals surface area contributed by atoms with Crippen molar-refractivity contribution in [2.45, 2.75) is 17.2 Å². The molecule has 1 unspecified atom stereocenters. The molecule has 0 spiro atoms. The molecule has 1 rings (SSSR count). The minimum atomic E-state index is -0.463. The molecule has 0 saturated heterocycles. The maximum Gasteiger partial charge on any atom is 0.301 e. The monoisotopic (exact) mass is 262 g/mol. The van der Waals surface area contributed by atoms with E-state index in [0.29, 0.717) is 16.8 Å². The Kier molecular flexibility index (Phi) is 4.82. The number of thioether (sulfide) groups is 1. The highest BCUT2D eigenvalue weighted by atomic mass is 35.5. The second-order valence-corrected chi connectivity index (χ2v) is 4.75. The van der Waals surface area contributed by atoms with Gasteiger partial charge in [-0.3, -0.25) is 10.1 Å². The van der Waals surface area contributed by atoms with Gasteiger partial charge in [-0.25, -0.2) is 0 Å². The molecule has 0 bridgehead atoms. The van der Waals surface area contributed by atoms with Crippen LogP contribution in [-0.4, -0.2) is 28.1 Å². The van der Waals surface area contributed by atoms with Crippen LogP contribution in [0.5, 0.6) is 5.88 Å². The third-order valence-electron chi connectivity index (χ3n) is 1.75. The van der Waals surface area contributed by atoms with Gasteiger partial charge >= 0.3 is 5.69 Å². The number of ether oxygens (including phenoxy) is 1. The third kappa shape index (κ3) is 3.24. The van der Waals surface area contributed by atoms with E-state index >= 15 is 0 Å². The molecule has 0 aliphatic heterocycles. The van der Waals surface area contributed by atoms with Gasteiger partial charge in [-0.05, 0) is 0 Å². The number of aromatic nitrogens is 1. The van der Waals surface area contributed by atoms with Crippen LogP contribution in [-0.2, 0) is 0 Å². The Morgan fingerprint density at radius 3 is 2.88 bits per heavy atom. The number of methoxy groups -OCH3 is 1. The van der Waals surface area contributed by atoms with Gasteiger partial charge in [-0.2, -0.15) is 4.98 Å². The van der Waals surface area contributed by atoms with Gasteiger partial charge < -0.3 is 4.74 Å². The SMILES string of the molecule is COc1ccc([N+](=O)[O-])c(SC(C)CCl)n1. The molecule has 0 N–H and O–H groups in total. The Morgan fingerprint density at radius 2 is 2.38 bits per heavy atom. The second-order valence-electron chi connectivity index (χ2n) is 3.02. The van der Waals surface area contributed by atoms with Crippen molar-refractivity contribution in [3.8, 4) is 5.88 Å². The van der Waals surface area contributed by atoms with E-state index in [2.05, 4.69) is 4.98 Å². The van der Waals surface area contributed by atoms with Crippen LogP contribution in [0.25, 0.3) is 0 Å². The second kappa shape index (κ2) is 5.91. The van der Waals surface area contributed by atoms with Crippen molar-refractivity contribution in [1.29, 1.82) is 0 Å². The van der Waals surface area contributed by atoms with Crippen LogP contribution in [0.15, 0.2) is 17.2 Å². The summed E-state index contributed by atoms with van der Waals surface area (Å²) in [5.41, 5.74) is -0.0252. The van der Waals surface area contributed by atoms with Crippen LogP contribution in [0.2, 0.25) is 0 Å². The molecule has 7 heteroatoms. The molecular weight excluding hydrogens is 252 g/mol. The fraction of sp³-hybridized carbons (Fsp3) is 0.444. The quantitative estimate of drug-likeness (QED) is 0.353. The molecule has 0 fully saturated rings. The number of nitrogens with zero attached hydrogens (tertiary/aromatic N) is 2. The number of nitro groups is 1. The van der Waals surface area contributed by atoms with Gasteiger partial charge in [0.2, 0.25) is 5.88 Å². The zero-order valence-electron chi connectivity index (χ0n) is 8.84. The topological polar surface area (TPSA) is 65.3 Å². The molecule has 0 aliphatic carbocycles. The number of halogens is 1.